The molecule has 0 radical (unpaired) electrons. The first-order chi connectivity index (χ1) is 29.8. The molecule has 0 fully saturated rings. The van der Waals surface area contributed by atoms with Gasteiger partial charge in [-0.3, -0.25) is 0 Å². The molecule has 13 aromatic rings. The number of nitriles is 1. The van der Waals surface area contributed by atoms with Gasteiger partial charge in [-0.05, 0) is 84.9 Å². The summed E-state index contributed by atoms with van der Waals surface area (Å²) < 4.78 is 9.57. The van der Waals surface area contributed by atoms with E-state index < -0.39 is 0 Å². The van der Waals surface area contributed by atoms with Crippen molar-refractivity contribution in [2.75, 3.05) is 0 Å². The molecule has 9 aromatic carbocycles. The number of aromatic nitrogens is 4. The average Bonchev–Trinajstić information content (AvgIpc) is 4.04. The summed E-state index contributed by atoms with van der Waals surface area (Å²) in [5, 5.41) is 20.0. The van der Waals surface area contributed by atoms with Gasteiger partial charge in [0.15, 0.2) is 0 Å². The third kappa shape index (κ3) is 4.34. The van der Waals surface area contributed by atoms with Crippen LogP contribution in [0.15, 0.2) is 200 Å². The van der Waals surface area contributed by atoms with Crippen LogP contribution in [0, 0.1) is 11.3 Å². The van der Waals surface area contributed by atoms with Crippen LogP contribution in [0.3, 0.4) is 0 Å². The molecule has 5 nitrogen and oxygen atoms in total. The molecule has 0 aliphatic heterocycles. The molecular formula is C55H33N5. The zero-order valence-electron chi connectivity index (χ0n) is 32.3. The molecule has 4 aromatic heterocycles. The second-order valence-corrected chi connectivity index (χ2v) is 15.6. The van der Waals surface area contributed by atoms with E-state index in [2.05, 4.69) is 212 Å². The number of hydrogen-bond acceptors (Lipinski definition) is 1. The first-order valence-electron chi connectivity index (χ1n) is 20.3. The molecule has 0 amide bonds. The van der Waals surface area contributed by atoms with E-state index in [0.29, 0.717) is 5.56 Å². The van der Waals surface area contributed by atoms with E-state index in [1.54, 1.807) is 0 Å². The fourth-order valence-electron chi connectivity index (χ4n) is 10.2. The van der Waals surface area contributed by atoms with Crippen molar-refractivity contribution in [3.05, 3.63) is 206 Å². The van der Waals surface area contributed by atoms with Crippen LogP contribution in [0.4, 0.5) is 0 Å². The molecule has 0 saturated heterocycles. The maximum Gasteiger partial charge on any atom is 0.101 e. The molecule has 0 saturated carbocycles. The van der Waals surface area contributed by atoms with Crippen molar-refractivity contribution in [1.82, 2.24) is 18.3 Å². The van der Waals surface area contributed by atoms with Gasteiger partial charge in [0.2, 0.25) is 0 Å². The Balaban J connectivity index is 1.24. The number of nitrogens with zero attached hydrogens (tertiary/aromatic N) is 5. The summed E-state index contributed by atoms with van der Waals surface area (Å²) in [6.07, 6.45) is 0. The zero-order chi connectivity index (χ0) is 39.5. The van der Waals surface area contributed by atoms with Gasteiger partial charge in [-0.15, -0.1) is 0 Å². The quantitative estimate of drug-likeness (QED) is 0.176. The van der Waals surface area contributed by atoms with Crippen LogP contribution in [0.1, 0.15) is 5.56 Å². The van der Waals surface area contributed by atoms with Crippen LogP contribution >= 0.6 is 0 Å². The third-order valence-corrected chi connectivity index (χ3v) is 12.6. The Bertz CT molecular complexity index is 3930. The monoisotopic (exact) mass is 763 g/mol. The number of para-hydroxylation sites is 6. The largest absolute Gasteiger partial charge is 0.309 e. The lowest BCUT2D eigenvalue weighted by molar-refractivity contribution is 1.16. The Hall–Kier alpha value is -8.33. The van der Waals surface area contributed by atoms with E-state index >= 15 is 0 Å². The highest BCUT2D eigenvalue weighted by Crippen LogP contribution is 2.46. The molecule has 13 rings (SSSR count). The van der Waals surface area contributed by atoms with Gasteiger partial charge < -0.3 is 18.3 Å². The molecule has 5 heteroatoms. The van der Waals surface area contributed by atoms with Crippen molar-refractivity contribution < 1.29 is 0 Å². The normalized spacial score (nSPS) is 12.0. The van der Waals surface area contributed by atoms with E-state index in [9.17, 15) is 5.26 Å². The van der Waals surface area contributed by atoms with Crippen LogP contribution in [-0.4, -0.2) is 18.3 Å². The Morgan fingerprint density at radius 3 is 1.37 bits per heavy atom. The molecule has 278 valence electrons. The number of fused-ring (bicyclic) bond motifs is 14. The maximum atomic E-state index is 10.8. The summed E-state index contributed by atoms with van der Waals surface area (Å²) in [6.45, 7) is 0. The number of rotatable bonds is 4. The van der Waals surface area contributed by atoms with Gasteiger partial charge in [0, 0.05) is 65.8 Å². The van der Waals surface area contributed by atoms with E-state index in [1.807, 2.05) is 12.1 Å². The molecule has 0 unspecified atom stereocenters. The van der Waals surface area contributed by atoms with Gasteiger partial charge in [0.05, 0.1) is 49.7 Å². The highest BCUT2D eigenvalue weighted by atomic mass is 15.0. The lowest BCUT2D eigenvalue weighted by Crippen LogP contribution is -1.97. The topological polar surface area (TPSA) is 43.5 Å². The number of hydrogen-bond donors (Lipinski definition) is 0. The lowest BCUT2D eigenvalue weighted by Gasteiger charge is -2.12. The summed E-state index contributed by atoms with van der Waals surface area (Å²) in [5.41, 5.74) is 13.8. The van der Waals surface area contributed by atoms with Crippen molar-refractivity contribution >= 4 is 87.2 Å². The van der Waals surface area contributed by atoms with E-state index in [0.717, 1.165) is 77.4 Å². The van der Waals surface area contributed by atoms with Gasteiger partial charge in [-0.2, -0.15) is 5.26 Å². The van der Waals surface area contributed by atoms with Gasteiger partial charge >= 0.3 is 0 Å². The Labute approximate surface area is 344 Å². The second kappa shape index (κ2) is 12.3. The lowest BCUT2D eigenvalue weighted by atomic mass is 10.1. The molecule has 0 spiro atoms. The van der Waals surface area contributed by atoms with Crippen LogP contribution in [0.5, 0.6) is 0 Å². The first kappa shape index (κ1) is 32.7. The Kier molecular flexibility index (Phi) is 6.73. The minimum absolute atomic E-state index is 0.641. The predicted octanol–water partition coefficient (Wildman–Crippen LogP) is 13.9. The molecule has 4 heterocycles. The summed E-state index contributed by atoms with van der Waals surface area (Å²) in [6, 6.07) is 74.1. The summed E-state index contributed by atoms with van der Waals surface area (Å²) in [7, 11) is 0. The van der Waals surface area contributed by atoms with Crippen molar-refractivity contribution in [1.29, 1.82) is 5.26 Å². The summed E-state index contributed by atoms with van der Waals surface area (Å²) in [5.74, 6) is 0. The minimum Gasteiger partial charge on any atom is -0.309 e. The molecule has 0 bridgehead atoms. The van der Waals surface area contributed by atoms with Crippen LogP contribution in [-0.2, 0) is 0 Å². The van der Waals surface area contributed by atoms with Gasteiger partial charge in [-0.1, -0.05) is 115 Å². The van der Waals surface area contributed by atoms with Gasteiger partial charge in [-0.25, -0.2) is 0 Å². The van der Waals surface area contributed by atoms with Gasteiger partial charge in [0.1, 0.15) is 6.07 Å². The maximum absolute atomic E-state index is 10.8. The minimum atomic E-state index is 0.641. The standard InChI is InChI=1S/C55H33N5/c56-34-35-15-14-24-41-43-29-32-49-51(44-23-11-13-26-47(44)57(49)36-16-4-1-5-17-36)55(43)60(53(35)41)39-27-30-48-45(33-39)52-50(58(48)37-18-6-2-7-19-37)31-28-42-40-22-10-12-25-46(40)59(54(42)52)38-20-8-3-9-21-38/h1-33H. The fraction of sp³-hybridized carbons (Fsp3) is 0. The van der Waals surface area contributed by atoms with Crippen molar-refractivity contribution in [2.24, 2.45) is 0 Å². The predicted molar refractivity (Wildman–Crippen MR) is 249 cm³/mol. The SMILES string of the molecule is N#Cc1cccc2c3ccc4c(c5ccccc5n4-c4ccccc4)c3n(-c3ccc4c(c3)c3c(ccc5c6ccccc6n(-c6ccccc6)c53)n4-c3ccccc3)c12. The molecule has 0 atom stereocenters. The second-order valence-electron chi connectivity index (χ2n) is 15.6. The molecule has 60 heavy (non-hydrogen) atoms. The Morgan fingerprint density at radius 1 is 0.283 bits per heavy atom. The molecular weight excluding hydrogens is 731 g/mol. The Morgan fingerprint density at radius 2 is 0.733 bits per heavy atom. The van der Waals surface area contributed by atoms with E-state index in [1.165, 1.54) is 32.6 Å². The average molecular weight is 764 g/mol. The van der Waals surface area contributed by atoms with Crippen molar-refractivity contribution in [3.8, 4) is 28.8 Å². The molecule has 0 aliphatic carbocycles. The fourth-order valence-corrected chi connectivity index (χ4v) is 10.2. The zero-order valence-corrected chi connectivity index (χ0v) is 32.3. The first-order valence-corrected chi connectivity index (χ1v) is 20.3. The molecule has 0 N–H and O–H groups in total. The summed E-state index contributed by atoms with van der Waals surface area (Å²) in [4.78, 5) is 0. The summed E-state index contributed by atoms with van der Waals surface area (Å²) >= 11 is 0. The van der Waals surface area contributed by atoms with Crippen molar-refractivity contribution in [2.45, 2.75) is 0 Å². The third-order valence-electron chi connectivity index (χ3n) is 12.6. The van der Waals surface area contributed by atoms with Crippen LogP contribution < -0.4 is 0 Å². The van der Waals surface area contributed by atoms with Crippen LogP contribution in [0.25, 0.3) is 110 Å². The highest BCUT2D eigenvalue weighted by Gasteiger charge is 2.25. The van der Waals surface area contributed by atoms with Gasteiger partial charge in [0.25, 0.3) is 0 Å². The molecule has 0 aliphatic rings. The van der Waals surface area contributed by atoms with E-state index in [4.69, 9.17) is 0 Å². The number of benzene rings is 9. The smallest absolute Gasteiger partial charge is 0.101 e. The van der Waals surface area contributed by atoms with E-state index in [-0.39, 0.29) is 0 Å². The van der Waals surface area contributed by atoms with Crippen molar-refractivity contribution in [3.63, 3.8) is 0 Å². The van der Waals surface area contributed by atoms with Crippen LogP contribution in [0.2, 0.25) is 0 Å². The highest BCUT2D eigenvalue weighted by molar-refractivity contribution is 6.28.